The van der Waals surface area contributed by atoms with E-state index in [9.17, 15) is 4.79 Å². The number of rotatable bonds is 22. The van der Waals surface area contributed by atoms with Gasteiger partial charge in [0.1, 0.15) is 12.6 Å². The summed E-state index contributed by atoms with van der Waals surface area (Å²) in [6.45, 7) is 12.7. The number of aromatic nitrogens is 6. The number of ether oxygens (including phenoxy) is 4. The van der Waals surface area contributed by atoms with Gasteiger partial charge in [-0.25, -0.2) is 4.68 Å². The molecule has 1 amide bonds. The lowest BCUT2D eigenvalue weighted by Crippen LogP contribution is -3.00. The van der Waals surface area contributed by atoms with Crippen LogP contribution in [0.1, 0.15) is 57.3 Å². The Balaban J connectivity index is 0.00000702. The van der Waals surface area contributed by atoms with Gasteiger partial charge in [-0.15, -0.1) is 11.5 Å². The predicted octanol–water partition coefficient (Wildman–Crippen LogP) is -2.54. The molecule has 2 fully saturated rings. The monoisotopic (exact) mass is 735 g/mol. The van der Waals surface area contributed by atoms with Gasteiger partial charge >= 0.3 is 0 Å². The normalized spacial score (nSPS) is 16.6. The molecule has 2 aromatic rings. The number of nitrogens with two attached hydrogens (primary N) is 2. The van der Waals surface area contributed by atoms with Crippen molar-refractivity contribution in [3.63, 3.8) is 0 Å². The minimum Gasteiger partial charge on any atom is -1.00 e. The van der Waals surface area contributed by atoms with Crippen LogP contribution in [-0.2, 0) is 23.7 Å². The number of hydrogen-bond acceptors (Lipinski definition) is 15. The fourth-order valence-electron chi connectivity index (χ4n) is 5.61. The quantitative estimate of drug-likeness (QED) is 0.0845. The minimum absolute atomic E-state index is 0. The average molecular weight is 736 g/mol. The number of unbranched alkanes of at least 4 members (excludes halogenated alkanes) is 1. The molecule has 0 aromatic carbocycles. The number of anilines is 3. The van der Waals surface area contributed by atoms with E-state index in [1.54, 1.807) is 4.68 Å². The van der Waals surface area contributed by atoms with Gasteiger partial charge in [-0.05, 0) is 31.7 Å². The number of piperazine rings is 1. The van der Waals surface area contributed by atoms with E-state index in [1.807, 2.05) is 11.1 Å². The van der Waals surface area contributed by atoms with Crippen molar-refractivity contribution in [3.8, 4) is 12.3 Å². The molecule has 5 N–H and O–H groups in total. The largest absolute Gasteiger partial charge is 1.00 e. The third kappa shape index (κ3) is 13.3. The molecule has 2 aliphatic rings. The van der Waals surface area contributed by atoms with E-state index < -0.39 is 6.04 Å². The van der Waals surface area contributed by atoms with Crippen molar-refractivity contribution >= 4 is 23.8 Å². The lowest BCUT2D eigenvalue weighted by atomic mass is 9.98. The van der Waals surface area contributed by atoms with Gasteiger partial charge in [0.05, 0.1) is 64.2 Å². The fourth-order valence-corrected chi connectivity index (χ4v) is 5.61. The molecule has 0 radical (unpaired) electrons. The molecular weight excluding hydrogens is 680 g/mol. The second-order valence-corrected chi connectivity index (χ2v) is 12.4. The predicted molar refractivity (Wildman–Crippen MR) is 190 cm³/mol. The van der Waals surface area contributed by atoms with Crippen LogP contribution in [0.25, 0.3) is 0 Å². The Kier molecular flexibility index (Phi) is 19.2. The molecule has 0 spiro atoms. The third-order valence-electron chi connectivity index (χ3n) is 8.90. The lowest BCUT2D eigenvalue weighted by Gasteiger charge is -2.36. The molecule has 2 aromatic heterocycles. The first-order valence-corrected chi connectivity index (χ1v) is 17.9. The van der Waals surface area contributed by atoms with Crippen molar-refractivity contribution in [3.05, 3.63) is 11.9 Å². The van der Waals surface area contributed by atoms with E-state index in [0.717, 1.165) is 19.3 Å². The summed E-state index contributed by atoms with van der Waals surface area (Å²) < 4.78 is 23.6. The first-order valence-electron chi connectivity index (χ1n) is 17.9. The SMILES string of the molecule is C#CCOCCOCCOCCNc1nc(N2CCOCC2)nc(N2CCN(C(=O)C(CCCCN)n3cc(C(N)C(C)CC)nn3)CC2)n1.[Cl-]. The van der Waals surface area contributed by atoms with Gasteiger partial charge in [0.25, 0.3) is 0 Å². The highest BCUT2D eigenvalue weighted by atomic mass is 35.5. The van der Waals surface area contributed by atoms with Gasteiger partial charge in [0.2, 0.25) is 23.8 Å². The van der Waals surface area contributed by atoms with Crippen molar-refractivity contribution in [2.24, 2.45) is 17.4 Å². The standard InChI is InChI=1S/C33H56N12O5.ClH/c1-4-17-47-21-23-50-24-22-48-18-10-36-31-37-32(39-33(38-31)44-15-19-49-20-16-44)43-13-11-42(12-14-43)30(46)28(8-6-7-9-34)45-25-27(40-41-45)29(35)26(3)5-2;/h1,25-26,28-29H,5-24,34-35H2,2-3H3,(H,36,37,38,39);1H/p-1. The van der Waals surface area contributed by atoms with Crippen LogP contribution in [0.4, 0.5) is 17.8 Å². The van der Waals surface area contributed by atoms with Crippen LogP contribution >= 0.6 is 0 Å². The highest BCUT2D eigenvalue weighted by Crippen LogP contribution is 2.25. The Morgan fingerprint density at radius 1 is 0.980 bits per heavy atom. The number of nitrogens with zero attached hydrogens (tertiary/aromatic N) is 9. The highest BCUT2D eigenvalue weighted by Gasteiger charge is 2.31. The van der Waals surface area contributed by atoms with Crippen LogP contribution in [-0.4, -0.2) is 146 Å². The Morgan fingerprint density at radius 2 is 1.63 bits per heavy atom. The summed E-state index contributed by atoms with van der Waals surface area (Å²) in [7, 11) is 0. The van der Waals surface area contributed by atoms with Crippen LogP contribution in [0.3, 0.4) is 0 Å². The molecule has 0 saturated carbocycles. The number of nitrogens with one attached hydrogen (secondary N) is 1. The zero-order valence-electron chi connectivity index (χ0n) is 30.1. The fraction of sp³-hybridized carbons (Fsp3) is 0.758. The smallest absolute Gasteiger partial charge is 0.247 e. The van der Waals surface area contributed by atoms with E-state index in [4.69, 9.17) is 51.8 Å². The third-order valence-corrected chi connectivity index (χ3v) is 8.90. The van der Waals surface area contributed by atoms with Gasteiger partial charge in [-0.2, -0.15) is 15.0 Å². The van der Waals surface area contributed by atoms with E-state index >= 15 is 0 Å². The maximum absolute atomic E-state index is 14.0. The molecule has 17 nitrogen and oxygen atoms in total. The Labute approximate surface area is 307 Å². The molecule has 286 valence electrons. The van der Waals surface area contributed by atoms with E-state index in [0.29, 0.717) is 129 Å². The van der Waals surface area contributed by atoms with Crippen LogP contribution in [0.15, 0.2) is 6.20 Å². The molecule has 4 rings (SSSR count). The number of morpholine rings is 1. The topological polar surface area (TPSA) is 197 Å². The number of halogens is 1. The van der Waals surface area contributed by atoms with Crippen LogP contribution in [0.2, 0.25) is 0 Å². The summed E-state index contributed by atoms with van der Waals surface area (Å²) in [5, 5.41) is 12.0. The number of amides is 1. The first-order chi connectivity index (χ1) is 24.4. The molecule has 3 atom stereocenters. The second kappa shape index (κ2) is 23.2. The van der Waals surface area contributed by atoms with Crippen molar-refractivity contribution in [2.45, 2.75) is 51.6 Å². The van der Waals surface area contributed by atoms with Gasteiger partial charge in [0.15, 0.2) is 0 Å². The summed E-state index contributed by atoms with van der Waals surface area (Å²) in [5.41, 5.74) is 12.9. The zero-order valence-corrected chi connectivity index (χ0v) is 30.9. The van der Waals surface area contributed by atoms with Crippen molar-refractivity contribution < 1.29 is 36.1 Å². The maximum Gasteiger partial charge on any atom is 0.247 e. The molecular formula is C33H56ClN12O5-. The second-order valence-electron chi connectivity index (χ2n) is 12.4. The molecule has 4 heterocycles. The number of hydrogen-bond donors (Lipinski definition) is 3. The maximum atomic E-state index is 14.0. The van der Waals surface area contributed by atoms with Crippen molar-refractivity contribution in [1.82, 2.24) is 34.8 Å². The summed E-state index contributed by atoms with van der Waals surface area (Å²) in [4.78, 5) is 34.4. The number of carbonyl (C=O) groups excluding carboxylic acids is 1. The van der Waals surface area contributed by atoms with Gasteiger partial charge in [0, 0.05) is 45.8 Å². The summed E-state index contributed by atoms with van der Waals surface area (Å²) in [6.07, 6.45) is 10.2. The summed E-state index contributed by atoms with van der Waals surface area (Å²) >= 11 is 0. The van der Waals surface area contributed by atoms with Crippen LogP contribution in [0, 0.1) is 18.3 Å². The Bertz CT molecular complexity index is 1320. The van der Waals surface area contributed by atoms with Gasteiger partial charge in [-0.3, -0.25) is 4.79 Å². The molecule has 18 heteroatoms. The van der Waals surface area contributed by atoms with Crippen molar-refractivity contribution in [2.75, 3.05) is 120 Å². The molecule has 0 aliphatic carbocycles. The summed E-state index contributed by atoms with van der Waals surface area (Å²) in [6, 6.07) is -0.705. The van der Waals surface area contributed by atoms with Crippen LogP contribution < -0.4 is 39.0 Å². The number of carbonyl (C=O) groups is 1. The van der Waals surface area contributed by atoms with E-state index in [1.165, 1.54) is 0 Å². The highest BCUT2D eigenvalue weighted by molar-refractivity contribution is 5.80. The van der Waals surface area contributed by atoms with Crippen molar-refractivity contribution in [1.29, 1.82) is 0 Å². The minimum atomic E-state index is -0.471. The van der Waals surface area contributed by atoms with E-state index in [2.05, 4.69) is 45.2 Å². The molecule has 0 bridgehead atoms. The average Bonchev–Trinajstić information content (AvgIpc) is 3.65. The molecule has 2 saturated heterocycles. The van der Waals surface area contributed by atoms with Crippen LogP contribution in [0.5, 0.6) is 0 Å². The molecule has 51 heavy (non-hydrogen) atoms. The zero-order chi connectivity index (χ0) is 35.6. The summed E-state index contributed by atoms with van der Waals surface area (Å²) in [5.74, 6) is 4.32. The molecule has 3 unspecified atom stereocenters. The van der Waals surface area contributed by atoms with Gasteiger partial charge in [-0.1, -0.05) is 31.4 Å². The molecule has 2 aliphatic heterocycles. The number of terminal acetylenes is 1. The van der Waals surface area contributed by atoms with E-state index in [-0.39, 0.29) is 36.9 Å². The Hall–Kier alpha value is -3.37. The Morgan fingerprint density at radius 3 is 2.27 bits per heavy atom. The lowest BCUT2D eigenvalue weighted by molar-refractivity contribution is -0.135. The van der Waals surface area contributed by atoms with Gasteiger partial charge < -0.3 is 62.8 Å². The first kappa shape index (κ1) is 42.0.